The lowest BCUT2D eigenvalue weighted by Crippen LogP contribution is -2.37. The predicted molar refractivity (Wildman–Crippen MR) is 203 cm³/mol. The molecule has 9 nitrogen and oxygen atoms in total. The highest BCUT2D eigenvalue weighted by atomic mass is 16.5. The first kappa shape index (κ1) is 42.9. The van der Waals surface area contributed by atoms with Gasteiger partial charge in [-0.1, -0.05) is 63.7 Å². The number of esters is 1. The molecule has 0 saturated carbocycles. The molecule has 2 aromatic carbocycles. The van der Waals surface area contributed by atoms with E-state index >= 15 is 0 Å². The van der Waals surface area contributed by atoms with Gasteiger partial charge in [-0.05, 0) is 73.2 Å². The molecule has 280 valence electrons. The smallest absolute Gasteiger partial charge is 0.305 e. The summed E-state index contributed by atoms with van der Waals surface area (Å²) in [5.41, 5.74) is 1.68. The molecule has 0 aromatic heterocycles. The van der Waals surface area contributed by atoms with E-state index in [1.807, 2.05) is 36.4 Å². The number of benzene rings is 2. The van der Waals surface area contributed by atoms with Gasteiger partial charge in [-0.25, -0.2) is 0 Å². The van der Waals surface area contributed by atoms with Crippen molar-refractivity contribution in [2.45, 2.75) is 77.6 Å². The van der Waals surface area contributed by atoms with Crippen LogP contribution in [-0.4, -0.2) is 66.9 Å². The van der Waals surface area contributed by atoms with Crippen molar-refractivity contribution in [3.8, 4) is 29.1 Å². The number of carbonyl (C=O) groups is 1. The summed E-state index contributed by atoms with van der Waals surface area (Å²) in [5.74, 6) is 2.30. The molecule has 0 bridgehead atoms. The van der Waals surface area contributed by atoms with E-state index in [1.165, 1.54) is 0 Å². The van der Waals surface area contributed by atoms with Gasteiger partial charge in [0, 0.05) is 6.42 Å². The highest BCUT2D eigenvalue weighted by Gasteiger charge is 2.31. The van der Waals surface area contributed by atoms with Crippen molar-refractivity contribution in [3.63, 3.8) is 0 Å². The van der Waals surface area contributed by atoms with E-state index in [0.29, 0.717) is 68.0 Å². The molecule has 0 fully saturated rings. The highest BCUT2D eigenvalue weighted by Crippen LogP contribution is 2.33. The third-order valence-electron chi connectivity index (χ3n) is 8.65. The van der Waals surface area contributed by atoms with Gasteiger partial charge < -0.3 is 33.2 Å². The fourth-order valence-electron chi connectivity index (χ4n) is 5.41. The molecule has 0 spiro atoms. The van der Waals surface area contributed by atoms with Crippen molar-refractivity contribution in [3.05, 3.63) is 72.8 Å². The van der Waals surface area contributed by atoms with Crippen molar-refractivity contribution >= 4 is 17.6 Å². The van der Waals surface area contributed by atoms with Crippen molar-refractivity contribution in [1.29, 1.82) is 5.26 Å². The topological polar surface area (TPSA) is 105 Å². The first-order chi connectivity index (χ1) is 24.9. The van der Waals surface area contributed by atoms with E-state index < -0.39 is 0 Å². The Morgan fingerprint density at radius 3 is 2.06 bits per heavy atom. The number of nitriles is 1. The van der Waals surface area contributed by atoms with E-state index in [9.17, 15) is 10.1 Å². The number of unbranched alkanes of at least 4 members (excludes halogenated alkanes) is 7. The Labute approximate surface area is 306 Å². The third kappa shape index (κ3) is 16.1. The SMILES string of the molecule is C=CCCOCC(CC)(COCC=C)COC(=O)CCCCCCCCCCOc1ccc(/C=C(\C#N)c2ccc(OC)c(OC)c2)cc1OC. The molecular formula is C42H59NO8. The zero-order valence-electron chi connectivity index (χ0n) is 31.3. The van der Waals surface area contributed by atoms with Crippen LogP contribution in [0.4, 0.5) is 0 Å². The highest BCUT2D eigenvalue weighted by molar-refractivity contribution is 5.90. The van der Waals surface area contributed by atoms with Gasteiger partial charge in [-0.15, -0.1) is 13.2 Å². The molecule has 2 rings (SSSR count). The predicted octanol–water partition coefficient (Wildman–Crippen LogP) is 9.40. The fraction of sp³-hybridized carbons (Fsp3) is 0.524. The molecule has 0 N–H and O–H groups in total. The number of allylic oxidation sites excluding steroid dienone is 1. The molecule has 0 amide bonds. The summed E-state index contributed by atoms with van der Waals surface area (Å²) in [5, 5.41) is 9.82. The molecule has 0 aliphatic heterocycles. The van der Waals surface area contributed by atoms with Gasteiger partial charge in [0.05, 0.1) is 71.4 Å². The maximum Gasteiger partial charge on any atom is 0.305 e. The molecule has 9 heteroatoms. The number of hydrogen-bond donors (Lipinski definition) is 0. The average Bonchev–Trinajstić information content (AvgIpc) is 3.16. The number of methoxy groups -OCH3 is 3. The minimum absolute atomic E-state index is 0.160. The van der Waals surface area contributed by atoms with E-state index in [4.69, 9.17) is 33.2 Å². The second-order valence-corrected chi connectivity index (χ2v) is 12.5. The van der Waals surface area contributed by atoms with Crippen LogP contribution in [0.3, 0.4) is 0 Å². The van der Waals surface area contributed by atoms with Crippen molar-refractivity contribution in [2.24, 2.45) is 5.41 Å². The Kier molecular flexibility index (Phi) is 21.6. The van der Waals surface area contributed by atoms with Crippen molar-refractivity contribution in [1.82, 2.24) is 0 Å². The van der Waals surface area contributed by atoms with E-state index in [1.54, 1.807) is 39.5 Å². The van der Waals surface area contributed by atoms with Gasteiger partial charge >= 0.3 is 5.97 Å². The maximum absolute atomic E-state index is 12.5. The molecule has 1 unspecified atom stereocenters. The lowest BCUT2D eigenvalue weighted by molar-refractivity contribution is -0.151. The quantitative estimate of drug-likeness (QED) is 0.0269. The first-order valence-corrected chi connectivity index (χ1v) is 18.1. The Morgan fingerprint density at radius 2 is 1.41 bits per heavy atom. The molecule has 0 aliphatic carbocycles. The van der Waals surface area contributed by atoms with Crippen LogP contribution in [0.2, 0.25) is 0 Å². The standard InChI is InChI=1S/C42H59NO8/c1-7-10-25-49-32-42(9-3,31-48-24-8-2)33-51-41(44)19-17-15-13-11-12-14-16-18-26-50-38-22-20-34(28-39(38)46-5)27-36(30-43)35-21-23-37(45-4)40(29-35)47-6/h7-8,20-23,27-29H,1-2,9-19,24-26,31-33H2,3-6H3/b36-27+. The zero-order chi connectivity index (χ0) is 37.2. The van der Waals surface area contributed by atoms with Gasteiger partial charge in [-0.3, -0.25) is 4.79 Å². The second-order valence-electron chi connectivity index (χ2n) is 12.5. The van der Waals surface area contributed by atoms with Gasteiger partial charge in [0.1, 0.15) is 6.61 Å². The molecule has 2 aromatic rings. The van der Waals surface area contributed by atoms with Crippen LogP contribution in [0.25, 0.3) is 11.6 Å². The Morgan fingerprint density at radius 1 is 0.765 bits per heavy atom. The Balaban J connectivity index is 1.66. The van der Waals surface area contributed by atoms with Crippen LogP contribution in [0.15, 0.2) is 61.7 Å². The first-order valence-electron chi connectivity index (χ1n) is 18.1. The van der Waals surface area contributed by atoms with Crippen molar-refractivity contribution < 1.29 is 38.0 Å². The lowest BCUT2D eigenvalue weighted by atomic mass is 9.88. The van der Waals surface area contributed by atoms with Gasteiger partial charge in [0.25, 0.3) is 0 Å². The monoisotopic (exact) mass is 705 g/mol. The number of hydrogen-bond acceptors (Lipinski definition) is 9. The largest absolute Gasteiger partial charge is 0.493 e. The molecule has 0 radical (unpaired) electrons. The van der Waals surface area contributed by atoms with Crippen LogP contribution in [0.1, 0.15) is 88.7 Å². The number of ether oxygens (including phenoxy) is 7. The van der Waals surface area contributed by atoms with E-state index in [2.05, 4.69) is 26.2 Å². The van der Waals surface area contributed by atoms with Gasteiger partial charge in [0.15, 0.2) is 23.0 Å². The van der Waals surface area contributed by atoms with Crippen molar-refractivity contribution in [2.75, 3.05) is 61.0 Å². The Hall–Kier alpha value is -4.26. The summed E-state index contributed by atoms with van der Waals surface area (Å²) < 4.78 is 39.6. The van der Waals surface area contributed by atoms with Gasteiger partial charge in [0.2, 0.25) is 0 Å². The Bertz CT molecular complexity index is 1400. The minimum Gasteiger partial charge on any atom is -0.493 e. The maximum atomic E-state index is 12.5. The summed E-state index contributed by atoms with van der Waals surface area (Å²) in [6, 6.07) is 13.3. The molecule has 1 atom stereocenters. The van der Waals surface area contributed by atoms with Crippen LogP contribution >= 0.6 is 0 Å². The zero-order valence-corrected chi connectivity index (χ0v) is 31.3. The lowest BCUT2D eigenvalue weighted by Gasteiger charge is -2.31. The van der Waals surface area contributed by atoms with Crippen LogP contribution < -0.4 is 18.9 Å². The molecule has 0 aliphatic rings. The summed E-state index contributed by atoms with van der Waals surface area (Å²) in [7, 11) is 4.76. The summed E-state index contributed by atoms with van der Waals surface area (Å²) in [4.78, 5) is 12.5. The normalized spacial score (nSPS) is 12.3. The summed E-state index contributed by atoms with van der Waals surface area (Å²) in [6.07, 6.45) is 15.8. The summed E-state index contributed by atoms with van der Waals surface area (Å²) >= 11 is 0. The van der Waals surface area contributed by atoms with E-state index in [0.717, 1.165) is 75.3 Å². The van der Waals surface area contributed by atoms with Crippen LogP contribution in [0.5, 0.6) is 23.0 Å². The average molecular weight is 706 g/mol. The number of rotatable bonds is 29. The number of nitrogens with zero attached hydrogens (tertiary/aromatic N) is 1. The fourth-order valence-corrected chi connectivity index (χ4v) is 5.41. The second kappa shape index (κ2) is 25.7. The molecule has 0 saturated heterocycles. The molecule has 51 heavy (non-hydrogen) atoms. The summed E-state index contributed by atoms with van der Waals surface area (Å²) in [6.45, 7) is 12.4. The third-order valence-corrected chi connectivity index (χ3v) is 8.65. The minimum atomic E-state index is -0.364. The van der Waals surface area contributed by atoms with Gasteiger partial charge in [-0.2, -0.15) is 5.26 Å². The molecular weight excluding hydrogens is 646 g/mol. The van der Waals surface area contributed by atoms with Crippen LogP contribution in [-0.2, 0) is 19.0 Å². The van der Waals surface area contributed by atoms with Crippen LogP contribution in [0, 0.1) is 16.7 Å². The molecule has 0 heterocycles. The van der Waals surface area contributed by atoms with E-state index in [-0.39, 0.29) is 18.0 Å². The number of carbonyl (C=O) groups excluding carboxylic acids is 1.